The summed E-state index contributed by atoms with van der Waals surface area (Å²) in [5, 5.41) is 2.83. The summed E-state index contributed by atoms with van der Waals surface area (Å²) in [4.78, 5) is 16.3. The van der Waals surface area contributed by atoms with Crippen LogP contribution in [-0.4, -0.2) is 50.1 Å². The molecular formula is C14H21N3O4S. The quantitative estimate of drug-likeness (QED) is 0.844. The van der Waals surface area contributed by atoms with E-state index in [-0.39, 0.29) is 18.4 Å². The van der Waals surface area contributed by atoms with Crippen LogP contribution < -0.4 is 10.1 Å². The highest BCUT2D eigenvalue weighted by Crippen LogP contribution is 2.19. The number of carbonyl (C=O) groups excluding carboxylic acids is 1. The van der Waals surface area contributed by atoms with Crippen molar-refractivity contribution in [2.75, 3.05) is 26.5 Å². The number of hydrogen-bond acceptors (Lipinski definition) is 5. The number of methoxy groups -OCH3 is 1. The second-order valence-corrected chi connectivity index (χ2v) is 7.33. The van der Waals surface area contributed by atoms with E-state index in [9.17, 15) is 13.2 Å². The minimum Gasteiger partial charge on any atom is -0.481 e. The van der Waals surface area contributed by atoms with Crippen molar-refractivity contribution in [1.29, 1.82) is 0 Å². The Morgan fingerprint density at radius 2 is 2.32 bits per heavy atom. The molecule has 1 unspecified atom stereocenters. The number of nitrogens with zero attached hydrogens (tertiary/aromatic N) is 2. The standard InChI is InChI=1S/C14H21N3O4S/c1-21-14-11(5-3-7-15-14)9-16-13(18)12-6-4-8-17(10-12)22(2,19)20/h3,5,7,12H,4,6,8-10H2,1-2H3,(H,16,18). The van der Waals surface area contributed by atoms with Crippen molar-refractivity contribution in [3.05, 3.63) is 23.9 Å². The lowest BCUT2D eigenvalue weighted by Crippen LogP contribution is -2.44. The molecule has 1 amide bonds. The van der Waals surface area contributed by atoms with E-state index >= 15 is 0 Å². The van der Waals surface area contributed by atoms with Crippen molar-refractivity contribution >= 4 is 15.9 Å². The second kappa shape index (κ2) is 7.06. The summed E-state index contributed by atoms with van der Waals surface area (Å²) in [6, 6.07) is 3.60. The smallest absolute Gasteiger partial charge is 0.224 e. The third-order valence-corrected chi connectivity index (χ3v) is 4.99. The Labute approximate surface area is 130 Å². The zero-order chi connectivity index (χ0) is 16.2. The first kappa shape index (κ1) is 16.7. The van der Waals surface area contributed by atoms with Crippen molar-refractivity contribution in [1.82, 2.24) is 14.6 Å². The van der Waals surface area contributed by atoms with Crippen LogP contribution in [0.15, 0.2) is 18.3 Å². The van der Waals surface area contributed by atoms with Crippen LogP contribution in [0, 0.1) is 5.92 Å². The van der Waals surface area contributed by atoms with Gasteiger partial charge in [-0.15, -0.1) is 0 Å². The lowest BCUT2D eigenvalue weighted by atomic mass is 9.99. The summed E-state index contributed by atoms with van der Waals surface area (Å²) in [7, 11) is -1.72. The molecule has 1 aliphatic rings. The van der Waals surface area contributed by atoms with Gasteiger partial charge in [-0.2, -0.15) is 0 Å². The normalized spacial score (nSPS) is 19.6. The van der Waals surface area contributed by atoms with E-state index in [2.05, 4.69) is 10.3 Å². The zero-order valence-corrected chi connectivity index (χ0v) is 13.6. The maximum Gasteiger partial charge on any atom is 0.224 e. The fourth-order valence-electron chi connectivity index (χ4n) is 2.53. The van der Waals surface area contributed by atoms with Gasteiger partial charge >= 0.3 is 0 Å². The summed E-state index contributed by atoms with van der Waals surface area (Å²) in [5.41, 5.74) is 0.786. The lowest BCUT2D eigenvalue weighted by molar-refractivity contribution is -0.126. The van der Waals surface area contributed by atoms with Gasteiger partial charge in [0.1, 0.15) is 0 Å². The molecule has 0 spiro atoms. The first-order valence-electron chi connectivity index (χ1n) is 7.12. The maximum absolute atomic E-state index is 12.2. The number of rotatable bonds is 5. The highest BCUT2D eigenvalue weighted by atomic mass is 32.2. The van der Waals surface area contributed by atoms with E-state index < -0.39 is 10.0 Å². The minimum absolute atomic E-state index is 0.140. The number of ether oxygens (including phenoxy) is 1. The van der Waals surface area contributed by atoms with Crippen LogP contribution >= 0.6 is 0 Å². The van der Waals surface area contributed by atoms with Gasteiger partial charge in [0, 0.05) is 31.4 Å². The van der Waals surface area contributed by atoms with Gasteiger partial charge in [0.25, 0.3) is 0 Å². The van der Waals surface area contributed by atoms with E-state index in [0.717, 1.165) is 5.56 Å². The molecule has 0 bridgehead atoms. The molecule has 1 atom stereocenters. The molecule has 1 aromatic rings. The number of amides is 1. The van der Waals surface area contributed by atoms with Crippen molar-refractivity contribution in [3.63, 3.8) is 0 Å². The lowest BCUT2D eigenvalue weighted by Gasteiger charge is -2.30. The van der Waals surface area contributed by atoms with Gasteiger partial charge in [-0.3, -0.25) is 4.79 Å². The molecule has 8 heteroatoms. The Kier molecular flexibility index (Phi) is 5.36. The second-order valence-electron chi connectivity index (χ2n) is 5.35. The highest BCUT2D eigenvalue weighted by Gasteiger charge is 2.30. The topological polar surface area (TPSA) is 88.6 Å². The van der Waals surface area contributed by atoms with Gasteiger partial charge < -0.3 is 10.1 Å². The SMILES string of the molecule is COc1ncccc1CNC(=O)C1CCCN(S(C)(=O)=O)C1. The van der Waals surface area contributed by atoms with Crippen LogP contribution in [0.4, 0.5) is 0 Å². The fraction of sp³-hybridized carbons (Fsp3) is 0.571. The fourth-order valence-corrected chi connectivity index (χ4v) is 3.44. The Hall–Kier alpha value is -1.67. The Balaban J connectivity index is 1.95. The predicted molar refractivity (Wildman–Crippen MR) is 81.8 cm³/mol. The van der Waals surface area contributed by atoms with Crippen LogP contribution in [-0.2, 0) is 21.4 Å². The van der Waals surface area contributed by atoms with Gasteiger partial charge in [0.15, 0.2) is 0 Å². The Morgan fingerprint density at radius 1 is 1.55 bits per heavy atom. The molecule has 1 saturated heterocycles. The van der Waals surface area contributed by atoms with Crippen molar-refractivity contribution in [3.8, 4) is 5.88 Å². The van der Waals surface area contributed by atoms with Crippen molar-refractivity contribution in [2.24, 2.45) is 5.92 Å². The minimum atomic E-state index is -3.25. The van der Waals surface area contributed by atoms with E-state index in [0.29, 0.717) is 31.8 Å². The first-order chi connectivity index (χ1) is 10.4. The first-order valence-corrected chi connectivity index (χ1v) is 8.97. The summed E-state index contributed by atoms with van der Waals surface area (Å²) in [5.74, 6) is 0.0228. The molecule has 7 nitrogen and oxygen atoms in total. The number of aromatic nitrogens is 1. The van der Waals surface area contributed by atoms with Crippen LogP contribution in [0.25, 0.3) is 0 Å². The predicted octanol–water partition coefficient (Wildman–Crippen LogP) is 0.378. The third kappa shape index (κ3) is 4.17. The molecule has 2 rings (SSSR count). The van der Waals surface area contributed by atoms with Gasteiger partial charge in [-0.05, 0) is 18.9 Å². The van der Waals surface area contributed by atoms with E-state index in [4.69, 9.17) is 4.74 Å². The van der Waals surface area contributed by atoms with Crippen LogP contribution in [0.3, 0.4) is 0 Å². The van der Waals surface area contributed by atoms with E-state index in [1.807, 2.05) is 6.07 Å². The van der Waals surface area contributed by atoms with Gasteiger partial charge in [0.2, 0.25) is 21.8 Å². The third-order valence-electron chi connectivity index (χ3n) is 3.72. The molecule has 0 saturated carbocycles. The Morgan fingerprint density at radius 3 is 3.00 bits per heavy atom. The number of piperidine rings is 1. The molecule has 122 valence electrons. The monoisotopic (exact) mass is 327 g/mol. The summed E-state index contributed by atoms with van der Waals surface area (Å²) >= 11 is 0. The number of carbonyl (C=O) groups is 1. The largest absolute Gasteiger partial charge is 0.481 e. The van der Waals surface area contributed by atoms with Gasteiger partial charge in [-0.25, -0.2) is 17.7 Å². The van der Waals surface area contributed by atoms with Gasteiger partial charge in [-0.1, -0.05) is 6.07 Å². The van der Waals surface area contributed by atoms with E-state index in [1.54, 1.807) is 12.3 Å². The highest BCUT2D eigenvalue weighted by molar-refractivity contribution is 7.88. The van der Waals surface area contributed by atoms with Gasteiger partial charge in [0.05, 0.1) is 19.3 Å². The van der Waals surface area contributed by atoms with Crippen molar-refractivity contribution in [2.45, 2.75) is 19.4 Å². The number of hydrogen-bond donors (Lipinski definition) is 1. The summed E-state index contributed by atoms with van der Waals surface area (Å²) < 4.78 is 29.7. The Bertz CT molecular complexity index is 633. The average molecular weight is 327 g/mol. The van der Waals surface area contributed by atoms with E-state index in [1.165, 1.54) is 17.7 Å². The van der Waals surface area contributed by atoms with Crippen LogP contribution in [0.2, 0.25) is 0 Å². The van der Waals surface area contributed by atoms with Crippen molar-refractivity contribution < 1.29 is 17.9 Å². The maximum atomic E-state index is 12.2. The average Bonchev–Trinajstić information content (AvgIpc) is 2.52. The molecule has 0 aromatic carbocycles. The molecule has 0 aliphatic carbocycles. The summed E-state index contributed by atoms with van der Waals surface area (Å²) in [6.45, 7) is 1.04. The van der Waals surface area contributed by atoms with Crippen LogP contribution in [0.1, 0.15) is 18.4 Å². The summed E-state index contributed by atoms with van der Waals surface area (Å²) in [6.07, 6.45) is 4.19. The molecule has 2 heterocycles. The molecular weight excluding hydrogens is 306 g/mol. The van der Waals surface area contributed by atoms with Crippen LogP contribution in [0.5, 0.6) is 5.88 Å². The number of sulfonamides is 1. The molecule has 22 heavy (non-hydrogen) atoms. The number of nitrogens with one attached hydrogen (secondary N) is 1. The molecule has 1 aliphatic heterocycles. The molecule has 0 radical (unpaired) electrons. The number of pyridine rings is 1. The molecule has 1 fully saturated rings. The molecule has 1 aromatic heterocycles. The molecule has 1 N–H and O–H groups in total. The zero-order valence-electron chi connectivity index (χ0n) is 12.8.